The maximum atomic E-state index is 6.09. The summed E-state index contributed by atoms with van der Waals surface area (Å²) >= 11 is 3.50. The van der Waals surface area contributed by atoms with Crippen molar-refractivity contribution in [2.45, 2.75) is 24.9 Å². The van der Waals surface area contributed by atoms with Gasteiger partial charge in [-0.05, 0) is 23.8 Å². The monoisotopic (exact) mass is 268 g/mol. The maximum Gasteiger partial charge on any atom is 0.123 e. The van der Waals surface area contributed by atoms with Gasteiger partial charge in [0.2, 0.25) is 0 Å². The number of benzene rings is 1. The molecule has 0 unspecified atom stereocenters. The van der Waals surface area contributed by atoms with E-state index in [4.69, 9.17) is 9.47 Å². The van der Waals surface area contributed by atoms with Crippen LogP contribution in [-0.4, -0.2) is 18.8 Å². The lowest BCUT2D eigenvalue weighted by Crippen LogP contribution is -2.40. The largest absolute Gasteiger partial charge is 0.486 e. The Morgan fingerprint density at radius 2 is 2.00 bits per heavy atom. The van der Waals surface area contributed by atoms with Crippen LogP contribution >= 0.6 is 15.9 Å². The molecule has 1 aromatic carbocycles. The van der Waals surface area contributed by atoms with E-state index in [1.807, 2.05) is 6.07 Å². The van der Waals surface area contributed by atoms with E-state index in [1.54, 1.807) is 0 Å². The van der Waals surface area contributed by atoms with E-state index in [-0.39, 0.29) is 5.60 Å². The molecule has 1 fully saturated rings. The average molecular weight is 269 g/mol. The van der Waals surface area contributed by atoms with Crippen LogP contribution in [-0.2, 0) is 11.2 Å². The van der Waals surface area contributed by atoms with Crippen molar-refractivity contribution in [2.24, 2.45) is 0 Å². The summed E-state index contributed by atoms with van der Waals surface area (Å²) < 4.78 is 12.6. The van der Waals surface area contributed by atoms with Crippen molar-refractivity contribution >= 4 is 15.9 Å². The predicted molar refractivity (Wildman–Crippen MR) is 61.3 cm³/mol. The minimum Gasteiger partial charge on any atom is -0.486 e. The number of halogens is 1. The molecule has 15 heavy (non-hydrogen) atoms. The summed E-state index contributed by atoms with van der Waals surface area (Å²) in [5.41, 5.74) is 1.35. The van der Waals surface area contributed by atoms with E-state index in [0.29, 0.717) is 0 Å². The highest BCUT2D eigenvalue weighted by molar-refractivity contribution is 9.10. The summed E-state index contributed by atoms with van der Waals surface area (Å²) in [6.45, 7) is 1.66. The van der Waals surface area contributed by atoms with E-state index < -0.39 is 0 Å². The summed E-state index contributed by atoms with van der Waals surface area (Å²) in [4.78, 5) is 0. The zero-order valence-corrected chi connectivity index (χ0v) is 10.0. The summed E-state index contributed by atoms with van der Waals surface area (Å²) in [6, 6.07) is 6.26. The van der Waals surface area contributed by atoms with Crippen molar-refractivity contribution in [1.82, 2.24) is 0 Å². The molecule has 3 heteroatoms. The quantitative estimate of drug-likeness (QED) is 0.721. The van der Waals surface area contributed by atoms with Crippen LogP contribution in [0.25, 0.3) is 0 Å². The first-order valence-corrected chi connectivity index (χ1v) is 6.12. The number of hydrogen-bond acceptors (Lipinski definition) is 2. The van der Waals surface area contributed by atoms with E-state index in [1.165, 1.54) is 5.56 Å². The Bertz CT molecular complexity index is 383. The second-order valence-electron chi connectivity index (χ2n) is 4.33. The lowest BCUT2D eigenvalue weighted by Gasteiger charge is -2.32. The van der Waals surface area contributed by atoms with E-state index in [0.717, 1.165) is 42.7 Å². The number of hydrogen-bond donors (Lipinski definition) is 0. The highest BCUT2D eigenvalue weighted by Crippen LogP contribution is 2.41. The SMILES string of the molecule is Brc1ccc2c(c1)CC1(CCOCC1)O2. The van der Waals surface area contributed by atoms with Gasteiger partial charge in [0.25, 0.3) is 0 Å². The summed E-state index contributed by atoms with van der Waals surface area (Å²) in [7, 11) is 0. The first-order chi connectivity index (χ1) is 7.27. The van der Waals surface area contributed by atoms with Gasteiger partial charge < -0.3 is 9.47 Å². The lowest BCUT2D eigenvalue weighted by atomic mass is 9.89. The minimum atomic E-state index is 0.0291. The van der Waals surface area contributed by atoms with Gasteiger partial charge in [0.15, 0.2) is 0 Å². The fourth-order valence-electron chi connectivity index (χ4n) is 2.42. The average Bonchev–Trinajstić information content (AvgIpc) is 2.56. The molecule has 2 aliphatic rings. The van der Waals surface area contributed by atoms with Gasteiger partial charge in [-0.2, -0.15) is 0 Å². The molecule has 0 amide bonds. The van der Waals surface area contributed by atoms with Crippen molar-refractivity contribution in [1.29, 1.82) is 0 Å². The third-order valence-electron chi connectivity index (χ3n) is 3.27. The van der Waals surface area contributed by atoms with Gasteiger partial charge in [-0.3, -0.25) is 0 Å². The molecule has 2 aliphatic heterocycles. The second kappa shape index (κ2) is 3.49. The number of rotatable bonds is 0. The Morgan fingerprint density at radius 1 is 1.20 bits per heavy atom. The zero-order chi connectivity index (χ0) is 10.3. The van der Waals surface area contributed by atoms with Crippen LogP contribution < -0.4 is 4.74 Å². The fraction of sp³-hybridized carbons (Fsp3) is 0.500. The molecule has 3 rings (SSSR count). The molecule has 0 atom stereocenters. The van der Waals surface area contributed by atoms with Crippen LogP contribution in [0.3, 0.4) is 0 Å². The zero-order valence-electron chi connectivity index (χ0n) is 8.46. The van der Waals surface area contributed by atoms with Crippen LogP contribution in [0.5, 0.6) is 5.75 Å². The molecule has 2 heterocycles. The Morgan fingerprint density at radius 3 is 2.80 bits per heavy atom. The summed E-state index contributed by atoms with van der Waals surface area (Å²) in [5.74, 6) is 1.06. The maximum absolute atomic E-state index is 6.09. The van der Waals surface area contributed by atoms with Gasteiger partial charge in [-0.15, -0.1) is 0 Å². The van der Waals surface area contributed by atoms with Crippen molar-refractivity contribution < 1.29 is 9.47 Å². The van der Waals surface area contributed by atoms with E-state index in [9.17, 15) is 0 Å². The van der Waals surface area contributed by atoms with Crippen molar-refractivity contribution in [3.8, 4) is 5.75 Å². The molecule has 2 nitrogen and oxygen atoms in total. The molecule has 0 radical (unpaired) electrons. The standard InChI is InChI=1S/C12H13BrO2/c13-10-1-2-11-9(7-10)8-12(15-11)3-5-14-6-4-12/h1-2,7H,3-6,8H2. The van der Waals surface area contributed by atoms with Crippen LogP contribution in [0, 0.1) is 0 Å². The highest BCUT2D eigenvalue weighted by atomic mass is 79.9. The molecule has 1 aromatic rings. The Labute approximate surface area is 97.7 Å². The van der Waals surface area contributed by atoms with E-state index >= 15 is 0 Å². The van der Waals surface area contributed by atoms with Gasteiger partial charge in [0.1, 0.15) is 11.4 Å². The van der Waals surface area contributed by atoms with Crippen LogP contribution in [0.2, 0.25) is 0 Å². The van der Waals surface area contributed by atoms with Crippen LogP contribution in [0.1, 0.15) is 18.4 Å². The van der Waals surface area contributed by atoms with Crippen molar-refractivity contribution in [3.63, 3.8) is 0 Å². The van der Waals surface area contributed by atoms with Crippen molar-refractivity contribution in [2.75, 3.05) is 13.2 Å². The normalized spacial score (nSPS) is 22.5. The molecule has 1 spiro atoms. The first kappa shape index (κ1) is 9.67. The van der Waals surface area contributed by atoms with Gasteiger partial charge in [0.05, 0.1) is 13.2 Å². The molecular formula is C12H13BrO2. The van der Waals surface area contributed by atoms with Gasteiger partial charge >= 0.3 is 0 Å². The molecule has 0 N–H and O–H groups in total. The molecule has 1 saturated heterocycles. The third-order valence-corrected chi connectivity index (χ3v) is 3.76. The lowest BCUT2D eigenvalue weighted by molar-refractivity contribution is -0.0330. The number of ether oxygens (including phenoxy) is 2. The summed E-state index contributed by atoms with van der Waals surface area (Å²) in [5, 5.41) is 0. The molecular weight excluding hydrogens is 256 g/mol. The fourth-order valence-corrected chi connectivity index (χ4v) is 2.83. The van der Waals surface area contributed by atoms with Gasteiger partial charge in [-0.1, -0.05) is 15.9 Å². The van der Waals surface area contributed by atoms with Crippen LogP contribution in [0.15, 0.2) is 22.7 Å². The molecule has 0 aliphatic carbocycles. The topological polar surface area (TPSA) is 18.5 Å². The second-order valence-corrected chi connectivity index (χ2v) is 5.24. The van der Waals surface area contributed by atoms with E-state index in [2.05, 4.69) is 28.1 Å². The Hall–Kier alpha value is -0.540. The smallest absolute Gasteiger partial charge is 0.123 e. The predicted octanol–water partition coefficient (Wildman–Crippen LogP) is 2.93. The first-order valence-electron chi connectivity index (χ1n) is 5.33. The molecule has 0 saturated carbocycles. The molecule has 0 aromatic heterocycles. The number of fused-ring (bicyclic) bond motifs is 1. The molecule has 0 bridgehead atoms. The Balaban J connectivity index is 1.90. The van der Waals surface area contributed by atoms with Crippen LogP contribution in [0.4, 0.5) is 0 Å². The highest BCUT2D eigenvalue weighted by Gasteiger charge is 2.40. The van der Waals surface area contributed by atoms with Crippen molar-refractivity contribution in [3.05, 3.63) is 28.2 Å². The third kappa shape index (κ3) is 1.68. The van der Waals surface area contributed by atoms with Gasteiger partial charge in [-0.25, -0.2) is 0 Å². The molecule has 80 valence electrons. The minimum absolute atomic E-state index is 0.0291. The van der Waals surface area contributed by atoms with Gasteiger partial charge in [0, 0.05) is 23.7 Å². The Kier molecular flexibility index (Phi) is 2.25. The summed E-state index contributed by atoms with van der Waals surface area (Å²) in [6.07, 6.45) is 3.06.